The van der Waals surface area contributed by atoms with Crippen LogP contribution >= 0.6 is 0 Å². The Balaban J connectivity index is 2.23. The Morgan fingerprint density at radius 2 is 2.07 bits per heavy atom. The molecule has 2 unspecified atom stereocenters. The van der Waals surface area contributed by atoms with E-state index in [0.717, 1.165) is 25.5 Å². The van der Waals surface area contributed by atoms with Crippen LogP contribution in [-0.2, 0) is 4.74 Å². The lowest BCUT2D eigenvalue weighted by Crippen LogP contribution is -2.33. The van der Waals surface area contributed by atoms with Gasteiger partial charge in [-0.2, -0.15) is 0 Å². The van der Waals surface area contributed by atoms with E-state index < -0.39 is 0 Å². The maximum absolute atomic E-state index is 5.95. The van der Waals surface area contributed by atoms with Gasteiger partial charge < -0.3 is 10.1 Å². The van der Waals surface area contributed by atoms with Crippen LogP contribution in [0.2, 0.25) is 0 Å². The molecule has 2 nitrogen and oxygen atoms in total. The quantitative estimate of drug-likeness (QED) is 0.709. The fourth-order valence-corrected chi connectivity index (χ4v) is 2.88. The molecule has 0 spiro atoms. The minimum atomic E-state index is 0.478. The monoisotopic (exact) mass is 213 g/mol. The molecule has 0 aromatic carbocycles. The summed E-state index contributed by atoms with van der Waals surface area (Å²) in [6.45, 7) is 9.06. The summed E-state index contributed by atoms with van der Waals surface area (Å²) in [5.74, 6) is 0.822. The highest BCUT2D eigenvalue weighted by molar-refractivity contribution is 4.83. The first kappa shape index (κ1) is 13.0. The Kier molecular flexibility index (Phi) is 5.07. The molecule has 0 bridgehead atoms. The molecular formula is C13H27NO. The Labute approximate surface area is 94.8 Å². The third-order valence-electron chi connectivity index (χ3n) is 3.27. The van der Waals surface area contributed by atoms with Crippen LogP contribution < -0.4 is 5.32 Å². The van der Waals surface area contributed by atoms with Crippen molar-refractivity contribution in [2.45, 2.75) is 52.6 Å². The Bertz CT molecular complexity index is 179. The van der Waals surface area contributed by atoms with Crippen LogP contribution in [0.5, 0.6) is 0 Å². The second-order valence-corrected chi connectivity index (χ2v) is 5.86. The average Bonchev–Trinajstić information content (AvgIpc) is 2.09. The molecule has 1 fully saturated rings. The predicted octanol–water partition coefficient (Wildman–Crippen LogP) is 2.83. The van der Waals surface area contributed by atoms with Crippen molar-refractivity contribution in [3.05, 3.63) is 0 Å². The van der Waals surface area contributed by atoms with E-state index in [1.807, 2.05) is 7.05 Å². The van der Waals surface area contributed by atoms with E-state index in [1.165, 1.54) is 19.3 Å². The largest absolute Gasteiger partial charge is 0.378 e. The number of hydrogen-bond acceptors (Lipinski definition) is 2. The lowest BCUT2D eigenvalue weighted by molar-refractivity contribution is -0.0233. The highest BCUT2D eigenvalue weighted by Crippen LogP contribution is 2.39. The minimum absolute atomic E-state index is 0.478. The molecule has 1 saturated carbocycles. The van der Waals surface area contributed by atoms with Gasteiger partial charge >= 0.3 is 0 Å². The van der Waals surface area contributed by atoms with E-state index in [0.29, 0.717) is 11.5 Å². The molecule has 0 heterocycles. The maximum atomic E-state index is 5.95. The van der Waals surface area contributed by atoms with Gasteiger partial charge in [-0.15, -0.1) is 0 Å². The summed E-state index contributed by atoms with van der Waals surface area (Å²) in [6.07, 6.45) is 5.46. The molecule has 1 rings (SSSR count). The molecule has 0 radical (unpaired) electrons. The van der Waals surface area contributed by atoms with Crippen molar-refractivity contribution < 1.29 is 4.74 Å². The number of ether oxygens (including phenoxy) is 1. The Morgan fingerprint density at radius 3 is 2.67 bits per heavy atom. The number of rotatable bonds is 5. The molecular weight excluding hydrogens is 186 g/mol. The molecule has 2 heteroatoms. The van der Waals surface area contributed by atoms with Crippen LogP contribution in [-0.4, -0.2) is 26.3 Å². The molecule has 90 valence electrons. The summed E-state index contributed by atoms with van der Waals surface area (Å²) in [5.41, 5.74) is 0.478. The van der Waals surface area contributed by atoms with Crippen LogP contribution in [0, 0.1) is 11.3 Å². The van der Waals surface area contributed by atoms with Crippen LogP contribution in [0.1, 0.15) is 46.5 Å². The van der Waals surface area contributed by atoms with Gasteiger partial charge in [-0.05, 0) is 50.6 Å². The molecule has 1 aliphatic carbocycles. The summed E-state index contributed by atoms with van der Waals surface area (Å²) < 4.78 is 5.95. The molecule has 2 atom stereocenters. The van der Waals surface area contributed by atoms with E-state index in [1.54, 1.807) is 0 Å². The number of hydrogen-bond donors (Lipinski definition) is 1. The van der Waals surface area contributed by atoms with Crippen molar-refractivity contribution in [3.63, 3.8) is 0 Å². The lowest BCUT2D eigenvalue weighted by atomic mass is 9.71. The molecule has 0 aromatic rings. The third-order valence-corrected chi connectivity index (χ3v) is 3.27. The zero-order chi connectivity index (χ0) is 11.3. The molecule has 0 aromatic heterocycles. The highest BCUT2D eigenvalue weighted by atomic mass is 16.5. The van der Waals surface area contributed by atoms with E-state index >= 15 is 0 Å². The summed E-state index contributed by atoms with van der Waals surface area (Å²) in [6, 6.07) is 0. The second-order valence-electron chi connectivity index (χ2n) is 5.86. The van der Waals surface area contributed by atoms with Gasteiger partial charge in [0, 0.05) is 6.61 Å². The van der Waals surface area contributed by atoms with Gasteiger partial charge in [-0.3, -0.25) is 0 Å². The van der Waals surface area contributed by atoms with Crippen molar-refractivity contribution in [3.8, 4) is 0 Å². The van der Waals surface area contributed by atoms with Crippen LogP contribution in [0.25, 0.3) is 0 Å². The topological polar surface area (TPSA) is 21.3 Å². The van der Waals surface area contributed by atoms with Gasteiger partial charge in [0.1, 0.15) is 0 Å². The maximum Gasteiger partial charge on any atom is 0.0582 e. The number of nitrogens with one attached hydrogen (secondary N) is 1. The zero-order valence-corrected chi connectivity index (χ0v) is 10.8. The molecule has 0 aliphatic heterocycles. The first-order chi connectivity index (χ1) is 7.03. The van der Waals surface area contributed by atoms with Gasteiger partial charge in [-0.25, -0.2) is 0 Å². The fraction of sp³-hybridized carbons (Fsp3) is 1.00. The lowest BCUT2D eigenvalue weighted by Gasteiger charge is -2.38. The summed E-state index contributed by atoms with van der Waals surface area (Å²) in [4.78, 5) is 0. The van der Waals surface area contributed by atoms with Gasteiger partial charge in [0.05, 0.1) is 6.10 Å². The SMILES string of the molecule is CNCCCOC1CC(C)CC(C)(C)C1. The third kappa shape index (κ3) is 4.98. The second kappa shape index (κ2) is 5.86. The zero-order valence-electron chi connectivity index (χ0n) is 10.8. The Hall–Kier alpha value is -0.0800. The average molecular weight is 213 g/mol. The van der Waals surface area contributed by atoms with E-state index in [4.69, 9.17) is 4.74 Å². The van der Waals surface area contributed by atoms with Crippen molar-refractivity contribution in [2.75, 3.05) is 20.2 Å². The molecule has 15 heavy (non-hydrogen) atoms. The predicted molar refractivity (Wildman–Crippen MR) is 65.1 cm³/mol. The van der Waals surface area contributed by atoms with Gasteiger partial charge in [0.15, 0.2) is 0 Å². The van der Waals surface area contributed by atoms with Gasteiger partial charge in [-0.1, -0.05) is 20.8 Å². The summed E-state index contributed by atoms with van der Waals surface area (Å²) in [7, 11) is 1.99. The molecule has 1 N–H and O–H groups in total. The van der Waals surface area contributed by atoms with Crippen LogP contribution in [0.15, 0.2) is 0 Å². The van der Waals surface area contributed by atoms with Crippen molar-refractivity contribution >= 4 is 0 Å². The highest BCUT2D eigenvalue weighted by Gasteiger charge is 2.32. The van der Waals surface area contributed by atoms with E-state index in [9.17, 15) is 0 Å². The van der Waals surface area contributed by atoms with Gasteiger partial charge in [0.25, 0.3) is 0 Å². The first-order valence-electron chi connectivity index (χ1n) is 6.30. The standard InChI is InChI=1S/C13H27NO/c1-11-8-12(10-13(2,3)9-11)15-7-5-6-14-4/h11-12,14H,5-10H2,1-4H3. The van der Waals surface area contributed by atoms with Crippen molar-refractivity contribution in [2.24, 2.45) is 11.3 Å². The first-order valence-corrected chi connectivity index (χ1v) is 6.30. The van der Waals surface area contributed by atoms with Crippen molar-refractivity contribution in [1.29, 1.82) is 0 Å². The molecule has 0 saturated heterocycles. The summed E-state index contributed by atoms with van der Waals surface area (Å²) in [5, 5.41) is 3.15. The molecule has 0 amide bonds. The van der Waals surface area contributed by atoms with Crippen LogP contribution in [0.3, 0.4) is 0 Å². The van der Waals surface area contributed by atoms with E-state index in [2.05, 4.69) is 26.1 Å². The fourth-order valence-electron chi connectivity index (χ4n) is 2.88. The Morgan fingerprint density at radius 1 is 1.33 bits per heavy atom. The molecule has 1 aliphatic rings. The summed E-state index contributed by atoms with van der Waals surface area (Å²) >= 11 is 0. The smallest absolute Gasteiger partial charge is 0.0582 e. The van der Waals surface area contributed by atoms with Gasteiger partial charge in [0.2, 0.25) is 0 Å². The van der Waals surface area contributed by atoms with Crippen molar-refractivity contribution in [1.82, 2.24) is 5.32 Å². The normalized spacial score (nSPS) is 30.4. The van der Waals surface area contributed by atoms with E-state index in [-0.39, 0.29) is 0 Å². The van der Waals surface area contributed by atoms with Crippen LogP contribution in [0.4, 0.5) is 0 Å². The minimum Gasteiger partial charge on any atom is -0.378 e.